The lowest BCUT2D eigenvalue weighted by Gasteiger charge is -2.28. The highest BCUT2D eigenvalue weighted by Gasteiger charge is 2.26. The van der Waals surface area contributed by atoms with Gasteiger partial charge in [0.1, 0.15) is 0 Å². The molecule has 5 aromatic carbocycles. The number of imidazole rings is 4. The van der Waals surface area contributed by atoms with Crippen LogP contribution in [-0.2, 0) is 54.4 Å². The van der Waals surface area contributed by atoms with E-state index in [1.165, 1.54) is 92.5 Å². The summed E-state index contributed by atoms with van der Waals surface area (Å²) in [5.74, 6) is 0.967. The number of urea groups is 2. The quantitative estimate of drug-likeness (QED) is 0.0602. The summed E-state index contributed by atoms with van der Waals surface area (Å²) >= 11 is 0. The molecule has 6 amide bonds. The van der Waals surface area contributed by atoms with Gasteiger partial charge in [-0.1, -0.05) is 48.5 Å². The van der Waals surface area contributed by atoms with E-state index in [4.69, 9.17) is 9.47 Å². The first-order chi connectivity index (χ1) is 43.3. The summed E-state index contributed by atoms with van der Waals surface area (Å²) in [5, 5.41) is 7.72. The number of carbonyl (C=O) groups excluding carboxylic acids is 4. The number of rotatable bonds is 14. The monoisotopic (exact) mass is 1200 g/mol. The Balaban J connectivity index is 0.000000141. The molecule has 0 saturated heterocycles. The number of aromatic amines is 4. The number of ether oxygens (including phenoxy) is 2. The van der Waals surface area contributed by atoms with E-state index in [0.717, 1.165) is 103 Å². The van der Waals surface area contributed by atoms with Gasteiger partial charge in [0.25, 0.3) is 0 Å². The maximum absolute atomic E-state index is 12.1. The van der Waals surface area contributed by atoms with Gasteiger partial charge in [-0.05, 0) is 187 Å². The lowest BCUT2D eigenvalue weighted by Crippen LogP contribution is -2.38. The number of carbonyl (C=O) groups is 4. The zero-order valence-corrected chi connectivity index (χ0v) is 52.2. The highest BCUT2D eigenvalue weighted by Crippen LogP contribution is 2.39. The van der Waals surface area contributed by atoms with E-state index >= 15 is 0 Å². The van der Waals surface area contributed by atoms with Crippen molar-refractivity contribution < 1.29 is 28.7 Å². The Kier molecular flexibility index (Phi) is 21.8. The van der Waals surface area contributed by atoms with Crippen LogP contribution < -0.4 is 30.2 Å². The minimum absolute atomic E-state index is 0.0617. The Bertz CT molecular complexity index is 3810. The van der Waals surface area contributed by atoms with Crippen LogP contribution in [0.4, 0.5) is 41.9 Å². The fraction of sp³-hybridized carbons (Fsp3) is 0.333. The van der Waals surface area contributed by atoms with Gasteiger partial charge in [0.15, 0.2) is 0 Å². The zero-order chi connectivity index (χ0) is 62.8. The van der Waals surface area contributed by atoms with Crippen molar-refractivity contribution in [3.63, 3.8) is 0 Å². The number of nitrogens with zero attached hydrogens (tertiary/aromatic N) is 8. The average molecular weight is 1200 g/mol. The fourth-order valence-electron chi connectivity index (χ4n) is 12.1. The predicted octanol–water partition coefficient (Wildman–Crippen LogP) is 12.6. The van der Waals surface area contributed by atoms with Crippen molar-refractivity contribution in [3.8, 4) is 0 Å². The molecule has 3 aliphatic rings. The number of hydrogen-bond donors (Lipinski definition) is 6. The molecule has 4 heterocycles. The van der Waals surface area contributed by atoms with Crippen molar-refractivity contribution in [3.05, 3.63) is 209 Å². The van der Waals surface area contributed by atoms with Crippen LogP contribution in [0, 0.1) is 0 Å². The number of nitrogens with one attached hydrogen (secondary N) is 6. The minimum atomic E-state index is -0.366. The summed E-state index contributed by atoms with van der Waals surface area (Å²) in [6, 6.07) is 31.0. The largest absolute Gasteiger partial charge is 0.452 e. The van der Waals surface area contributed by atoms with Crippen molar-refractivity contribution in [1.29, 1.82) is 0 Å². The zero-order valence-electron chi connectivity index (χ0n) is 52.2. The first-order valence-corrected chi connectivity index (χ1v) is 30.4. The Morgan fingerprint density at radius 1 is 0.551 bits per heavy atom. The molecule has 12 rings (SSSR count). The molecular weight excluding hydrogens is 1120 g/mol. The maximum atomic E-state index is 12.1. The SMILES string of the molecule is CCN(C(=O)NC)c1ccc2c(c1)C(Cc1cnc[nH]1)CCC2.CCN(C(=O)NC)c1ccc2cccc(Cc3cnc[nH]3)c2c1.COC(=O)N(C)c1ccc2c(c1)C(Cc1cnc[nH]1)=CCC2.COC(=O)N(C)c1ccc2c(c1)C(Cc1cnc[nH]1)CC2. The number of methoxy groups -OCH3 is 2. The van der Waals surface area contributed by atoms with Crippen LogP contribution in [0.25, 0.3) is 16.3 Å². The molecule has 0 fully saturated rings. The van der Waals surface area contributed by atoms with Gasteiger partial charge in [0.2, 0.25) is 0 Å². The van der Waals surface area contributed by atoms with Gasteiger partial charge in [-0.25, -0.2) is 39.1 Å². The molecule has 9 aromatic rings. The molecule has 0 bridgehead atoms. The standard InChI is InChI=1S/C18H24N4O.C18H20N4O.C17H19N3O2.C16H19N3O2/c2*1-3-22(18(23)19-2)16-8-7-13-5-4-6-14(17(13)10-16)9-15-11-20-12-21-15;1-20(17(21)22-2)15-7-6-12-4-3-5-13(16(12)9-15)8-14-10-18-11-19-14;1-19(16(20)21-2)14-6-5-11-3-4-12(15(11)8-14)7-13-9-17-10-18-13/h7-8,10-12,14H,3-6,9H2,1-2H3,(H,19,23)(H,20,21);4-8,10-12H,3,9H2,1-2H3,(H,19,23)(H,20,21);5-7,9-11H,3-4,8H2,1-2H3,(H,18,19);5-6,8-10,12H,3-4,7H2,1-2H3,(H,17,18). The van der Waals surface area contributed by atoms with Gasteiger partial charge >= 0.3 is 24.2 Å². The Labute approximate surface area is 520 Å². The van der Waals surface area contributed by atoms with Gasteiger partial charge in [0.05, 0.1) is 39.5 Å². The summed E-state index contributed by atoms with van der Waals surface area (Å²) in [5.41, 5.74) is 18.6. The topological polar surface area (TPSA) is 238 Å². The summed E-state index contributed by atoms with van der Waals surface area (Å²) in [7, 11) is 9.55. The highest BCUT2D eigenvalue weighted by atomic mass is 16.5. The molecule has 2 atom stereocenters. The van der Waals surface area contributed by atoms with E-state index in [-0.39, 0.29) is 24.2 Å². The first kappa shape index (κ1) is 63.5. The van der Waals surface area contributed by atoms with E-state index < -0.39 is 0 Å². The number of aromatic nitrogens is 8. The van der Waals surface area contributed by atoms with Gasteiger partial charge in [0, 0.05) is 124 Å². The van der Waals surface area contributed by atoms with E-state index in [1.807, 2.05) is 56.8 Å². The van der Waals surface area contributed by atoms with Gasteiger partial charge < -0.3 is 40.0 Å². The van der Waals surface area contributed by atoms with Gasteiger partial charge in [-0.2, -0.15) is 0 Å². The second-order valence-electron chi connectivity index (χ2n) is 22.2. The molecule has 464 valence electrons. The van der Waals surface area contributed by atoms with Crippen LogP contribution in [0.2, 0.25) is 0 Å². The third-order valence-corrected chi connectivity index (χ3v) is 16.9. The molecule has 4 aromatic heterocycles. The fourth-order valence-corrected chi connectivity index (χ4v) is 12.1. The van der Waals surface area contributed by atoms with Crippen molar-refractivity contribution in [2.45, 2.75) is 96.3 Å². The molecule has 0 radical (unpaired) electrons. The number of allylic oxidation sites excluding steroid dienone is 2. The summed E-state index contributed by atoms with van der Waals surface area (Å²) in [6.45, 7) is 5.24. The van der Waals surface area contributed by atoms with E-state index in [0.29, 0.717) is 24.9 Å². The number of hydrogen-bond acceptors (Lipinski definition) is 10. The molecular formula is C69H82N14O6. The normalized spacial score (nSPS) is 14.3. The average Bonchev–Trinajstić information content (AvgIpc) is 2.63. The number of fused-ring (bicyclic) bond motifs is 4. The molecule has 20 nitrogen and oxygen atoms in total. The van der Waals surface area contributed by atoms with Crippen LogP contribution in [0.1, 0.15) is 113 Å². The van der Waals surface area contributed by atoms with Crippen molar-refractivity contribution in [2.75, 3.05) is 75.1 Å². The van der Waals surface area contributed by atoms with E-state index in [1.54, 1.807) is 63.3 Å². The Morgan fingerprint density at radius 3 is 1.60 bits per heavy atom. The van der Waals surface area contributed by atoms with Crippen LogP contribution in [0.5, 0.6) is 0 Å². The van der Waals surface area contributed by atoms with Crippen LogP contribution in [0.3, 0.4) is 0 Å². The summed E-state index contributed by atoms with van der Waals surface area (Å²) in [4.78, 5) is 83.0. The number of anilines is 4. The molecule has 0 aliphatic heterocycles. The number of H-pyrrole nitrogens is 4. The molecule has 0 spiro atoms. The van der Waals surface area contributed by atoms with Gasteiger partial charge in [-0.3, -0.25) is 19.6 Å². The number of aryl methyl sites for hydroxylation is 3. The molecule has 6 N–H and O–H groups in total. The van der Waals surface area contributed by atoms with Crippen molar-refractivity contribution in [1.82, 2.24) is 50.5 Å². The lowest BCUT2D eigenvalue weighted by atomic mass is 9.80. The Hall–Kier alpha value is -9.98. The van der Waals surface area contributed by atoms with Gasteiger partial charge in [-0.15, -0.1) is 0 Å². The van der Waals surface area contributed by atoms with Crippen LogP contribution >= 0.6 is 0 Å². The third-order valence-electron chi connectivity index (χ3n) is 16.9. The minimum Gasteiger partial charge on any atom is -0.452 e. The predicted molar refractivity (Wildman–Crippen MR) is 351 cm³/mol. The van der Waals surface area contributed by atoms with E-state index in [2.05, 4.69) is 129 Å². The molecule has 3 aliphatic carbocycles. The van der Waals surface area contributed by atoms with Crippen LogP contribution in [0.15, 0.2) is 147 Å². The lowest BCUT2D eigenvalue weighted by molar-refractivity contribution is 0.179. The number of amides is 6. The highest BCUT2D eigenvalue weighted by molar-refractivity contribution is 5.96. The number of benzene rings is 5. The van der Waals surface area contributed by atoms with Crippen LogP contribution in [-0.4, -0.2) is 120 Å². The summed E-state index contributed by atoms with van der Waals surface area (Å²) < 4.78 is 9.55. The van der Waals surface area contributed by atoms with Crippen molar-refractivity contribution >= 4 is 63.3 Å². The Morgan fingerprint density at radius 2 is 1.04 bits per heavy atom. The second-order valence-corrected chi connectivity index (χ2v) is 22.2. The molecule has 0 saturated carbocycles. The maximum Gasteiger partial charge on any atom is 0.413 e. The first-order valence-electron chi connectivity index (χ1n) is 30.4. The third kappa shape index (κ3) is 15.8. The second kappa shape index (κ2) is 30.6. The molecule has 2 unspecified atom stereocenters. The summed E-state index contributed by atoms with van der Waals surface area (Å²) in [6.07, 6.45) is 27.2. The molecule has 89 heavy (non-hydrogen) atoms. The van der Waals surface area contributed by atoms with Crippen molar-refractivity contribution in [2.24, 2.45) is 0 Å². The van der Waals surface area contributed by atoms with E-state index in [9.17, 15) is 19.2 Å². The smallest absolute Gasteiger partial charge is 0.413 e. The molecule has 20 heteroatoms.